The Hall–Kier alpha value is -2.93. The van der Waals surface area contributed by atoms with Gasteiger partial charge in [-0.15, -0.1) is 12.4 Å². The van der Waals surface area contributed by atoms with Crippen LogP contribution in [-0.2, 0) is 0 Å². The number of aryl methyl sites for hydroxylation is 1. The molecule has 1 aliphatic heterocycles. The fourth-order valence-electron chi connectivity index (χ4n) is 2.96. The summed E-state index contributed by atoms with van der Waals surface area (Å²) in [6.45, 7) is 3.91. The SMILES string of the molecule is Cc1ccc(Nc2nc(Nc3ccc(F)cc3)nc(N3CCCC3)n2)cc1.Cl. The molecule has 6 nitrogen and oxygen atoms in total. The van der Waals surface area contributed by atoms with Crippen LogP contribution in [0, 0.1) is 12.7 Å². The van der Waals surface area contributed by atoms with Gasteiger partial charge in [0.05, 0.1) is 0 Å². The fraction of sp³-hybridized carbons (Fsp3) is 0.250. The molecule has 0 saturated carbocycles. The Bertz CT molecular complexity index is 845. The van der Waals surface area contributed by atoms with E-state index in [1.54, 1.807) is 12.1 Å². The van der Waals surface area contributed by atoms with Crippen LogP contribution in [0.2, 0.25) is 0 Å². The summed E-state index contributed by atoms with van der Waals surface area (Å²) < 4.78 is 13.1. The first kappa shape index (κ1) is 19.8. The van der Waals surface area contributed by atoms with Gasteiger partial charge in [0, 0.05) is 24.5 Å². The van der Waals surface area contributed by atoms with Crippen LogP contribution in [0.25, 0.3) is 0 Å². The van der Waals surface area contributed by atoms with Crippen molar-refractivity contribution in [2.75, 3.05) is 28.6 Å². The van der Waals surface area contributed by atoms with Crippen molar-refractivity contribution in [2.45, 2.75) is 19.8 Å². The maximum absolute atomic E-state index is 13.1. The van der Waals surface area contributed by atoms with E-state index in [1.165, 1.54) is 17.7 Å². The summed E-state index contributed by atoms with van der Waals surface area (Å²) in [5, 5.41) is 6.38. The molecule has 28 heavy (non-hydrogen) atoms. The summed E-state index contributed by atoms with van der Waals surface area (Å²) in [5.74, 6) is 1.26. The monoisotopic (exact) mass is 400 g/mol. The first-order valence-corrected chi connectivity index (χ1v) is 9.03. The third-order valence-corrected chi connectivity index (χ3v) is 4.42. The Kier molecular flexibility index (Phi) is 6.26. The molecule has 0 bridgehead atoms. The highest BCUT2D eigenvalue weighted by Crippen LogP contribution is 2.23. The van der Waals surface area contributed by atoms with Crippen LogP contribution < -0.4 is 15.5 Å². The van der Waals surface area contributed by atoms with Gasteiger partial charge in [-0.1, -0.05) is 17.7 Å². The smallest absolute Gasteiger partial charge is 0.233 e. The topological polar surface area (TPSA) is 66.0 Å². The minimum absolute atomic E-state index is 0. The molecule has 0 radical (unpaired) electrons. The van der Waals surface area contributed by atoms with E-state index < -0.39 is 0 Å². The van der Waals surface area contributed by atoms with E-state index in [-0.39, 0.29) is 18.2 Å². The molecule has 0 spiro atoms. The minimum Gasteiger partial charge on any atom is -0.341 e. The molecular weight excluding hydrogens is 379 g/mol. The van der Waals surface area contributed by atoms with Crippen LogP contribution >= 0.6 is 12.4 Å². The quantitative estimate of drug-likeness (QED) is 0.639. The van der Waals surface area contributed by atoms with Gasteiger partial charge in [0.1, 0.15) is 5.82 Å². The standard InChI is InChI=1S/C20H21FN6.ClH/c1-14-4-8-16(9-5-14)22-18-24-19(23-17-10-6-15(21)7-11-17)26-20(25-18)27-12-2-3-13-27;/h4-11H,2-3,12-13H2,1H3,(H2,22,23,24,25,26);1H. The van der Waals surface area contributed by atoms with E-state index >= 15 is 0 Å². The zero-order valence-electron chi connectivity index (χ0n) is 15.5. The third-order valence-electron chi connectivity index (χ3n) is 4.42. The zero-order chi connectivity index (χ0) is 18.6. The van der Waals surface area contributed by atoms with Crippen molar-refractivity contribution in [3.8, 4) is 0 Å². The molecule has 2 aromatic carbocycles. The Morgan fingerprint density at radius 1 is 0.786 bits per heavy atom. The van der Waals surface area contributed by atoms with Crippen LogP contribution in [0.4, 0.5) is 33.6 Å². The Morgan fingerprint density at radius 3 is 1.82 bits per heavy atom. The van der Waals surface area contributed by atoms with Crippen molar-refractivity contribution in [3.63, 3.8) is 0 Å². The molecule has 4 rings (SSSR count). The normalized spacial score (nSPS) is 13.1. The van der Waals surface area contributed by atoms with E-state index in [0.29, 0.717) is 17.8 Å². The second-order valence-electron chi connectivity index (χ2n) is 6.60. The predicted molar refractivity (Wildman–Crippen MR) is 113 cm³/mol. The maximum Gasteiger partial charge on any atom is 0.233 e. The van der Waals surface area contributed by atoms with E-state index in [1.807, 2.05) is 31.2 Å². The average Bonchev–Trinajstić information content (AvgIpc) is 3.20. The highest BCUT2D eigenvalue weighted by molar-refractivity contribution is 5.85. The molecular formula is C20H22ClFN6. The lowest BCUT2D eigenvalue weighted by molar-refractivity contribution is 0.628. The van der Waals surface area contributed by atoms with E-state index in [2.05, 4.69) is 30.5 Å². The predicted octanol–water partition coefficient (Wildman–Crippen LogP) is 4.83. The van der Waals surface area contributed by atoms with Gasteiger partial charge in [0.15, 0.2) is 0 Å². The van der Waals surface area contributed by atoms with Gasteiger partial charge in [-0.25, -0.2) is 4.39 Å². The highest BCUT2D eigenvalue weighted by Gasteiger charge is 2.17. The van der Waals surface area contributed by atoms with Crippen molar-refractivity contribution in [3.05, 3.63) is 59.9 Å². The molecule has 0 atom stereocenters. The van der Waals surface area contributed by atoms with Gasteiger partial charge in [-0.05, 0) is 56.2 Å². The van der Waals surface area contributed by atoms with Gasteiger partial charge >= 0.3 is 0 Å². The van der Waals surface area contributed by atoms with Crippen LogP contribution in [0.5, 0.6) is 0 Å². The minimum atomic E-state index is -0.282. The molecule has 2 heterocycles. The molecule has 146 valence electrons. The van der Waals surface area contributed by atoms with E-state index in [9.17, 15) is 4.39 Å². The zero-order valence-corrected chi connectivity index (χ0v) is 16.3. The van der Waals surface area contributed by atoms with Gasteiger partial charge in [-0.2, -0.15) is 15.0 Å². The van der Waals surface area contributed by atoms with Crippen LogP contribution in [0.15, 0.2) is 48.5 Å². The Labute approximate surface area is 169 Å². The number of anilines is 5. The van der Waals surface area contributed by atoms with Crippen molar-refractivity contribution in [2.24, 2.45) is 0 Å². The molecule has 1 aromatic heterocycles. The summed E-state index contributed by atoms with van der Waals surface area (Å²) in [4.78, 5) is 15.8. The van der Waals surface area contributed by atoms with Gasteiger partial charge < -0.3 is 15.5 Å². The number of rotatable bonds is 5. The Balaban J connectivity index is 0.00000225. The van der Waals surface area contributed by atoms with Crippen molar-refractivity contribution in [1.82, 2.24) is 15.0 Å². The second kappa shape index (κ2) is 8.84. The summed E-state index contributed by atoms with van der Waals surface area (Å²) in [5.41, 5.74) is 2.82. The second-order valence-corrected chi connectivity index (χ2v) is 6.60. The lowest BCUT2D eigenvalue weighted by Crippen LogP contribution is -2.21. The number of nitrogens with zero attached hydrogens (tertiary/aromatic N) is 4. The number of hydrogen-bond donors (Lipinski definition) is 2. The number of aromatic nitrogens is 3. The molecule has 2 N–H and O–H groups in total. The summed E-state index contributed by atoms with van der Waals surface area (Å²) >= 11 is 0. The third kappa shape index (κ3) is 4.86. The summed E-state index contributed by atoms with van der Waals surface area (Å²) in [7, 11) is 0. The molecule has 0 amide bonds. The lowest BCUT2D eigenvalue weighted by Gasteiger charge is -2.17. The molecule has 0 unspecified atom stereocenters. The number of hydrogen-bond acceptors (Lipinski definition) is 6. The average molecular weight is 401 g/mol. The highest BCUT2D eigenvalue weighted by atomic mass is 35.5. The molecule has 8 heteroatoms. The number of benzene rings is 2. The van der Waals surface area contributed by atoms with E-state index in [4.69, 9.17) is 0 Å². The van der Waals surface area contributed by atoms with Crippen molar-refractivity contribution >= 4 is 41.6 Å². The van der Waals surface area contributed by atoms with Gasteiger partial charge in [-0.3, -0.25) is 0 Å². The van der Waals surface area contributed by atoms with Crippen molar-refractivity contribution in [1.29, 1.82) is 0 Å². The number of halogens is 2. The molecule has 1 saturated heterocycles. The molecule has 0 aliphatic carbocycles. The van der Waals surface area contributed by atoms with Gasteiger partial charge in [0.25, 0.3) is 0 Å². The molecule has 1 aliphatic rings. The molecule has 1 fully saturated rings. The first-order chi connectivity index (χ1) is 13.2. The van der Waals surface area contributed by atoms with Crippen molar-refractivity contribution < 1.29 is 4.39 Å². The fourth-order valence-corrected chi connectivity index (χ4v) is 2.96. The first-order valence-electron chi connectivity index (χ1n) is 9.03. The largest absolute Gasteiger partial charge is 0.341 e. The lowest BCUT2D eigenvalue weighted by atomic mass is 10.2. The number of nitrogens with one attached hydrogen (secondary N) is 2. The van der Waals surface area contributed by atoms with Crippen LogP contribution in [0.1, 0.15) is 18.4 Å². The van der Waals surface area contributed by atoms with E-state index in [0.717, 1.165) is 37.3 Å². The maximum atomic E-state index is 13.1. The van der Waals surface area contributed by atoms with Crippen LogP contribution in [0.3, 0.4) is 0 Å². The van der Waals surface area contributed by atoms with Gasteiger partial charge in [0.2, 0.25) is 17.8 Å². The van der Waals surface area contributed by atoms with Crippen LogP contribution in [-0.4, -0.2) is 28.0 Å². The Morgan fingerprint density at radius 2 is 1.29 bits per heavy atom. The molecule has 3 aromatic rings. The summed E-state index contributed by atoms with van der Waals surface area (Å²) in [6, 6.07) is 14.1. The summed E-state index contributed by atoms with van der Waals surface area (Å²) in [6.07, 6.45) is 2.26.